The molecule has 1 aromatic heterocycles. The first-order chi connectivity index (χ1) is 27.5. The van der Waals surface area contributed by atoms with Crippen molar-refractivity contribution < 1.29 is 0 Å². The summed E-state index contributed by atoms with van der Waals surface area (Å²) in [5.41, 5.74) is 13.2. The van der Waals surface area contributed by atoms with E-state index in [1.807, 2.05) is 11.3 Å². The maximum atomic E-state index is 2.49. The van der Waals surface area contributed by atoms with Crippen LogP contribution < -0.4 is 10.4 Å². The number of hydrogen-bond donors (Lipinski definition) is 0. The lowest BCUT2D eigenvalue weighted by Gasteiger charge is -2.22. The lowest BCUT2D eigenvalue weighted by atomic mass is 9.81. The minimum atomic E-state index is -0.0823. The average Bonchev–Trinajstić information content (AvgIpc) is 3.71. The van der Waals surface area contributed by atoms with Gasteiger partial charge in [-0.05, 0) is 154 Å². The van der Waals surface area contributed by atoms with Gasteiger partial charge in [0.2, 0.25) is 0 Å². The molecule has 9 aromatic carbocycles. The molecule has 1 heteroatoms. The minimum Gasteiger partial charge on any atom is -0.135 e. The second kappa shape index (κ2) is 11.9. The first kappa shape index (κ1) is 32.0. The van der Waals surface area contributed by atoms with Crippen molar-refractivity contribution in [1.29, 1.82) is 0 Å². The average molecular weight is 731 g/mol. The molecule has 10 aromatic rings. The molecule has 0 fully saturated rings. The lowest BCUT2D eigenvalue weighted by molar-refractivity contribution is 0.661. The molecule has 2 aliphatic carbocycles. The second-order valence-corrected chi connectivity index (χ2v) is 17.4. The summed E-state index contributed by atoms with van der Waals surface area (Å²) in [4.78, 5) is 0. The number of rotatable bonds is 3. The Kier molecular flexibility index (Phi) is 6.78. The van der Waals surface area contributed by atoms with E-state index in [0.717, 1.165) is 12.8 Å². The molecule has 0 saturated heterocycles. The van der Waals surface area contributed by atoms with Crippen LogP contribution in [0.5, 0.6) is 0 Å². The third-order valence-corrected chi connectivity index (χ3v) is 14.0. The Hall–Kier alpha value is -6.28. The molecule has 0 N–H and O–H groups in total. The molecule has 0 amide bonds. The van der Waals surface area contributed by atoms with Gasteiger partial charge in [-0.25, -0.2) is 0 Å². The summed E-state index contributed by atoms with van der Waals surface area (Å²) < 4.78 is 2.71. The summed E-state index contributed by atoms with van der Waals surface area (Å²) in [7, 11) is 0. The van der Waals surface area contributed by atoms with E-state index < -0.39 is 0 Å². The van der Waals surface area contributed by atoms with E-state index in [0.29, 0.717) is 0 Å². The molecule has 0 bridgehead atoms. The number of fused-ring (bicyclic) bond motifs is 10. The van der Waals surface area contributed by atoms with Gasteiger partial charge in [0, 0.05) is 25.6 Å². The molecule has 0 unspecified atom stereocenters. The van der Waals surface area contributed by atoms with Gasteiger partial charge < -0.3 is 0 Å². The summed E-state index contributed by atoms with van der Waals surface area (Å²) in [6.07, 6.45) is 7.08. The third-order valence-electron chi connectivity index (χ3n) is 12.8. The highest BCUT2D eigenvalue weighted by molar-refractivity contribution is 7.25. The molecule has 0 spiro atoms. The Morgan fingerprint density at radius 1 is 0.393 bits per heavy atom. The predicted molar refractivity (Wildman–Crippen MR) is 243 cm³/mol. The van der Waals surface area contributed by atoms with Gasteiger partial charge in [0.1, 0.15) is 0 Å². The fourth-order valence-corrected chi connectivity index (χ4v) is 11.3. The van der Waals surface area contributed by atoms with Gasteiger partial charge in [-0.2, -0.15) is 0 Å². The molecule has 0 aliphatic heterocycles. The van der Waals surface area contributed by atoms with Crippen molar-refractivity contribution >= 4 is 76.0 Å². The Morgan fingerprint density at radius 2 is 1.04 bits per heavy atom. The monoisotopic (exact) mass is 730 g/mol. The van der Waals surface area contributed by atoms with Crippen molar-refractivity contribution in [2.24, 2.45) is 0 Å². The number of benzene rings is 9. The Bertz CT molecular complexity index is 3440. The molecule has 1 heterocycles. The molecule has 56 heavy (non-hydrogen) atoms. The van der Waals surface area contributed by atoms with Crippen LogP contribution in [0.4, 0.5) is 0 Å². The van der Waals surface area contributed by atoms with Crippen LogP contribution in [0.2, 0.25) is 0 Å². The summed E-state index contributed by atoms with van der Waals surface area (Å²) in [6.45, 7) is 4.79. The van der Waals surface area contributed by atoms with E-state index >= 15 is 0 Å². The zero-order valence-electron chi connectivity index (χ0n) is 31.5. The van der Waals surface area contributed by atoms with E-state index in [9.17, 15) is 0 Å². The molecule has 2 aliphatic rings. The van der Waals surface area contributed by atoms with Crippen molar-refractivity contribution in [1.82, 2.24) is 0 Å². The van der Waals surface area contributed by atoms with Gasteiger partial charge in [0.25, 0.3) is 0 Å². The van der Waals surface area contributed by atoms with E-state index in [4.69, 9.17) is 0 Å². The zero-order valence-corrected chi connectivity index (χ0v) is 32.3. The predicted octanol–water partition coefficient (Wildman–Crippen LogP) is 14.2. The fraction of sp³-hybridized carbons (Fsp3) is 0.0909. The van der Waals surface area contributed by atoms with E-state index in [1.165, 1.54) is 119 Å². The molecule has 0 saturated carbocycles. The minimum absolute atomic E-state index is 0.0823. The molecule has 0 nitrogen and oxygen atoms in total. The Labute approximate surface area is 330 Å². The highest BCUT2D eigenvalue weighted by Gasteiger charge is 2.36. The molecular weight excluding hydrogens is 693 g/mol. The first-order valence-electron chi connectivity index (χ1n) is 19.9. The van der Waals surface area contributed by atoms with Crippen LogP contribution in [0.3, 0.4) is 0 Å². The van der Waals surface area contributed by atoms with Crippen LogP contribution in [-0.2, 0) is 5.41 Å². The quantitative estimate of drug-likeness (QED) is 0.170. The van der Waals surface area contributed by atoms with Crippen molar-refractivity contribution in [3.8, 4) is 44.5 Å². The van der Waals surface area contributed by atoms with Crippen LogP contribution in [0.1, 0.15) is 37.8 Å². The first-order valence-corrected chi connectivity index (χ1v) is 20.7. The van der Waals surface area contributed by atoms with E-state index in [1.54, 1.807) is 0 Å². The topological polar surface area (TPSA) is 0 Å². The largest absolute Gasteiger partial charge is 0.135 e. The van der Waals surface area contributed by atoms with Crippen LogP contribution >= 0.6 is 11.3 Å². The van der Waals surface area contributed by atoms with Crippen LogP contribution in [0.15, 0.2) is 158 Å². The smallest absolute Gasteiger partial charge is 0.0361 e. The number of hydrogen-bond acceptors (Lipinski definition) is 1. The third kappa shape index (κ3) is 4.59. The highest BCUT2D eigenvalue weighted by atomic mass is 32.1. The maximum absolute atomic E-state index is 2.49. The summed E-state index contributed by atoms with van der Waals surface area (Å²) >= 11 is 1.90. The molecule has 12 rings (SSSR count). The standard InChI is InChI=1S/C55H38S/c1-55(2)49-26-25-35(28-46(49)47-29-38-32-52-48(30-37(38)31-50(47)55)40-18-9-10-24-51(40)56-52)34-15-11-16-36(27-34)53-42-19-5-7-21-44(42)54(45-22-8-6-20-43(45)53)41-23-12-14-33-13-3-4-17-39(33)41/h3-5,7,9-32H,6,8H2,1-2H3. The Morgan fingerprint density at radius 3 is 1.89 bits per heavy atom. The van der Waals surface area contributed by atoms with Crippen LogP contribution in [0, 0.1) is 0 Å². The van der Waals surface area contributed by atoms with Gasteiger partial charge in [-0.1, -0.05) is 141 Å². The Balaban J connectivity index is 1.03. The fourth-order valence-electron chi connectivity index (χ4n) is 10.2. The van der Waals surface area contributed by atoms with Gasteiger partial charge in [-0.3, -0.25) is 0 Å². The van der Waals surface area contributed by atoms with Gasteiger partial charge in [-0.15, -0.1) is 11.3 Å². The van der Waals surface area contributed by atoms with Crippen molar-refractivity contribution in [3.05, 3.63) is 179 Å². The molecule has 0 radical (unpaired) electrons. The lowest BCUT2D eigenvalue weighted by Crippen LogP contribution is -2.31. The van der Waals surface area contributed by atoms with Gasteiger partial charge in [0.05, 0.1) is 0 Å². The van der Waals surface area contributed by atoms with Crippen LogP contribution in [0.25, 0.3) is 109 Å². The molecule has 264 valence electrons. The summed E-state index contributed by atoms with van der Waals surface area (Å²) in [6, 6.07) is 59.7. The molecule has 0 atom stereocenters. The SMILES string of the molecule is CC1(C)c2ccc(-c3cccc(-c4c5c(c(-c6cccc7ccccc67)c6ccccc46)=CCCC=5)c3)cc2-c2cc3cc4sc5ccccc5c4cc3cc21. The van der Waals surface area contributed by atoms with Gasteiger partial charge >= 0.3 is 0 Å². The second-order valence-electron chi connectivity index (χ2n) is 16.3. The number of thiophene rings is 1. The van der Waals surface area contributed by atoms with Crippen molar-refractivity contribution in [3.63, 3.8) is 0 Å². The molecular formula is C55H38S. The summed E-state index contributed by atoms with van der Waals surface area (Å²) in [5, 5.41) is 13.3. The van der Waals surface area contributed by atoms with Crippen LogP contribution in [-0.4, -0.2) is 0 Å². The zero-order chi connectivity index (χ0) is 37.1. The van der Waals surface area contributed by atoms with E-state index in [-0.39, 0.29) is 5.41 Å². The van der Waals surface area contributed by atoms with Crippen molar-refractivity contribution in [2.45, 2.75) is 32.1 Å². The maximum Gasteiger partial charge on any atom is 0.0361 e. The van der Waals surface area contributed by atoms with Crippen molar-refractivity contribution in [2.75, 3.05) is 0 Å². The highest BCUT2D eigenvalue weighted by Crippen LogP contribution is 2.51. The summed E-state index contributed by atoms with van der Waals surface area (Å²) in [5.74, 6) is 0. The van der Waals surface area contributed by atoms with E-state index in [2.05, 4.69) is 184 Å². The normalized spacial score (nSPS) is 14.2. The van der Waals surface area contributed by atoms with Gasteiger partial charge in [0.15, 0.2) is 0 Å².